The zero-order valence-corrected chi connectivity index (χ0v) is 12.8. The quantitative estimate of drug-likeness (QED) is 0.882. The lowest BCUT2D eigenvalue weighted by molar-refractivity contribution is -0.141. The molecule has 24 heavy (non-hydrogen) atoms. The standard InChI is InChI=1S/C16H16F3N3O2/c1-22-11(8-13(21-22)16(17,18)19)15(24)20-14-10-5-3-2-4-9(10)6-7-12(14)23/h2-5,8,12,14,23H,6-7H2,1H3,(H,20,24)/t12-,14+/m1/s1. The largest absolute Gasteiger partial charge is 0.435 e. The van der Waals surface area contributed by atoms with Crippen LogP contribution in [0.2, 0.25) is 0 Å². The number of carbonyl (C=O) groups is 1. The second-order valence-corrected chi connectivity index (χ2v) is 5.79. The highest BCUT2D eigenvalue weighted by molar-refractivity contribution is 5.93. The van der Waals surface area contributed by atoms with E-state index >= 15 is 0 Å². The van der Waals surface area contributed by atoms with Gasteiger partial charge in [0, 0.05) is 13.1 Å². The van der Waals surface area contributed by atoms with E-state index < -0.39 is 29.9 Å². The van der Waals surface area contributed by atoms with E-state index in [4.69, 9.17) is 0 Å². The lowest BCUT2D eigenvalue weighted by atomic mass is 9.85. The summed E-state index contributed by atoms with van der Waals surface area (Å²) in [5.74, 6) is -0.707. The third kappa shape index (κ3) is 3.01. The van der Waals surface area contributed by atoms with Gasteiger partial charge in [-0.3, -0.25) is 9.48 Å². The van der Waals surface area contributed by atoms with Crippen molar-refractivity contribution in [3.05, 3.63) is 52.8 Å². The first-order valence-electron chi connectivity index (χ1n) is 7.45. The molecule has 3 rings (SSSR count). The van der Waals surface area contributed by atoms with Gasteiger partial charge in [-0.05, 0) is 24.0 Å². The average molecular weight is 339 g/mol. The van der Waals surface area contributed by atoms with Gasteiger partial charge in [0.15, 0.2) is 5.69 Å². The molecule has 0 unspecified atom stereocenters. The number of rotatable bonds is 2. The molecule has 1 amide bonds. The highest BCUT2D eigenvalue weighted by Gasteiger charge is 2.36. The first-order valence-corrected chi connectivity index (χ1v) is 7.45. The Kier molecular flexibility index (Phi) is 4.08. The maximum Gasteiger partial charge on any atom is 0.435 e. The number of aliphatic hydroxyl groups excluding tert-OH is 1. The van der Waals surface area contributed by atoms with Crippen molar-refractivity contribution in [3.63, 3.8) is 0 Å². The van der Waals surface area contributed by atoms with Gasteiger partial charge < -0.3 is 10.4 Å². The molecule has 0 bridgehead atoms. The summed E-state index contributed by atoms with van der Waals surface area (Å²) in [5.41, 5.74) is 0.453. The Morgan fingerprint density at radius 3 is 2.75 bits per heavy atom. The Balaban J connectivity index is 1.87. The maximum absolute atomic E-state index is 12.7. The van der Waals surface area contributed by atoms with Crippen molar-refractivity contribution in [1.82, 2.24) is 15.1 Å². The molecule has 1 aromatic heterocycles. The molecular formula is C16H16F3N3O2. The number of carbonyl (C=O) groups excluding carboxylic acids is 1. The summed E-state index contributed by atoms with van der Waals surface area (Å²) in [7, 11) is 1.27. The van der Waals surface area contributed by atoms with Crippen LogP contribution in [0.1, 0.15) is 39.8 Å². The molecule has 1 aromatic carbocycles. The van der Waals surface area contributed by atoms with Crippen LogP contribution in [0.5, 0.6) is 0 Å². The fraction of sp³-hybridized carbons (Fsp3) is 0.375. The lowest BCUT2D eigenvalue weighted by Crippen LogP contribution is -2.39. The minimum atomic E-state index is -4.62. The zero-order valence-electron chi connectivity index (χ0n) is 12.8. The van der Waals surface area contributed by atoms with E-state index in [9.17, 15) is 23.1 Å². The highest BCUT2D eigenvalue weighted by Crippen LogP contribution is 2.31. The smallest absolute Gasteiger partial charge is 0.391 e. The van der Waals surface area contributed by atoms with E-state index in [1.54, 1.807) is 12.1 Å². The third-order valence-electron chi connectivity index (χ3n) is 4.17. The first kappa shape index (κ1) is 16.5. The van der Waals surface area contributed by atoms with Gasteiger partial charge in [0.1, 0.15) is 5.69 Å². The van der Waals surface area contributed by atoms with Crippen LogP contribution in [0.4, 0.5) is 13.2 Å². The van der Waals surface area contributed by atoms with Crippen molar-refractivity contribution in [2.45, 2.75) is 31.2 Å². The number of aliphatic hydroxyl groups is 1. The van der Waals surface area contributed by atoms with Crippen molar-refractivity contribution in [3.8, 4) is 0 Å². The molecule has 5 nitrogen and oxygen atoms in total. The summed E-state index contributed by atoms with van der Waals surface area (Å²) in [4.78, 5) is 12.4. The van der Waals surface area contributed by atoms with Crippen molar-refractivity contribution in [1.29, 1.82) is 0 Å². The number of aromatic nitrogens is 2. The molecule has 0 radical (unpaired) electrons. The zero-order chi connectivity index (χ0) is 17.5. The third-order valence-corrected chi connectivity index (χ3v) is 4.17. The van der Waals surface area contributed by atoms with E-state index in [0.29, 0.717) is 18.9 Å². The Labute approximate surface area is 136 Å². The number of fused-ring (bicyclic) bond motifs is 1. The van der Waals surface area contributed by atoms with Crippen LogP contribution in [-0.2, 0) is 19.6 Å². The molecule has 128 valence electrons. The van der Waals surface area contributed by atoms with Gasteiger partial charge in [0.05, 0.1) is 12.1 Å². The average Bonchev–Trinajstić information content (AvgIpc) is 2.92. The van der Waals surface area contributed by atoms with Gasteiger partial charge >= 0.3 is 6.18 Å². The predicted molar refractivity (Wildman–Crippen MR) is 79.2 cm³/mol. The first-order chi connectivity index (χ1) is 11.3. The van der Waals surface area contributed by atoms with E-state index in [-0.39, 0.29) is 5.69 Å². The number of nitrogens with one attached hydrogen (secondary N) is 1. The number of hydrogen-bond donors (Lipinski definition) is 2. The van der Waals surface area contributed by atoms with Crippen molar-refractivity contribution in [2.75, 3.05) is 0 Å². The molecule has 1 aliphatic rings. The highest BCUT2D eigenvalue weighted by atomic mass is 19.4. The van der Waals surface area contributed by atoms with Crippen LogP contribution in [0.15, 0.2) is 30.3 Å². The number of aryl methyl sites for hydroxylation is 2. The number of halogens is 3. The van der Waals surface area contributed by atoms with Crippen LogP contribution >= 0.6 is 0 Å². The number of hydrogen-bond acceptors (Lipinski definition) is 3. The van der Waals surface area contributed by atoms with Crippen LogP contribution in [0, 0.1) is 0 Å². The lowest BCUT2D eigenvalue weighted by Gasteiger charge is -2.31. The molecule has 0 saturated heterocycles. The summed E-state index contributed by atoms with van der Waals surface area (Å²) in [6.45, 7) is 0. The number of nitrogens with zero attached hydrogens (tertiary/aromatic N) is 2. The van der Waals surface area contributed by atoms with Crippen molar-refractivity contribution in [2.24, 2.45) is 7.05 Å². The second kappa shape index (κ2) is 5.94. The van der Waals surface area contributed by atoms with E-state index in [0.717, 1.165) is 15.8 Å². The molecule has 2 N–H and O–H groups in total. The molecule has 0 saturated carbocycles. The Bertz CT molecular complexity index is 770. The SMILES string of the molecule is Cn1nc(C(F)(F)F)cc1C(=O)N[C@H]1c2ccccc2CC[C@H]1O. The summed E-state index contributed by atoms with van der Waals surface area (Å²) < 4.78 is 39.0. The molecule has 0 aliphatic heterocycles. The maximum atomic E-state index is 12.7. The van der Waals surface area contributed by atoms with E-state index in [2.05, 4.69) is 10.4 Å². The Morgan fingerprint density at radius 1 is 1.38 bits per heavy atom. The van der Waals surface area contributed by atoms with Crippen LogP contribution in [0.25, 0.3) is 0 Å². The molecular weight excluding hydrogens is 323 g/mol. The van der Waals surface area contributed by atoms with Crippen molar-refractivity contribution >= 4 is 5.91 Å². The van der Waals surface area contributed by atoms with E-state index in [1.807, 2.05) is 12.1 Å². The molecule has 0 fully saturated rings. The van der Waals surface area contributed by atoms with Gasteiger partial charge in [-0.25, -0.2) is 0 Å². The number of amides is 1. The Hall–Kier alpha value is -2.35. The Morgan fingerprint density at radius 2 is 2.08 bits per heavy atom. The molecule has 2 atom stereocenters. The minimum absolute atomic E-state index is 0.211. The normalized spacial score (nSPS) is 20.5. The van der Waals surface area contributed by atoms with Crippen molar-refractivity contribution < 1.29 is 23.1 Å². The van der Waals surface area contributed by atoms with Crippen LogP contribution in [0.3, 0.4) is 0 Å². The van der Waals surface area contributed by atoms with Crippen LogP contribution in [-0.4, -0.2) is 26.9 Å². The summed E-state index contributed by atoms with van der Waals surface area (Å²) in [5, 5.41) is 16.2. The van der Waals surface area contributed by atoms with Crippen LogP contribution < -0.4 is 5.32 Å². The topological polar surface area (TPSA) is 67.2 Å². The second-order valence-electron chi connectivity index (χ2n) is 5.79. The number of benzene rings is 1. The molecule has 8 heteroatoms. The predicted octanol–water partition coefficient (Wildman–Crippen LogP) is 2.22. The van der Waals surface area contributed by atoms with Gasteiger partial charge in [0.2, 0.25) is 0 Å². The number of alkyl halides is 3. The summed E-state index contributed by atoms with van der Waals surface area (Å²) in [6.07, 6.45) is -4.25. The van der Waals surface area contributed by atoms with Gasteiger partial charge in [-0.1, -0.05) is 24.3 Å². The monoisotopic (exact) mass is 339 g/mol. The molecule has 1 heterocycles. The van der Waals surface area contributed by atoms with E-state index in [1.165, 1.54) is 7.05 Å². The summed E-state index contributed by atoms with van der Waals surface area (Å²) >= 11 is 0. The van der Waals surface area contributed by atoms with Gasteiger partial charge in [0.25, 0.3) is 5.91 Å². The fourth-order valence-corrected chi connectivity index (χ4v) is 2.95. The minimum Gasteiger partial charge on any atom is -0.391 e. The van der Waals surface area contributed by atoms with Gasteiger partial charge in [-0.2, -0.15) is 18.3 Å². The fourth-order valence-electron chi connectivity index (χ4n) is 2.95. The molecule has 2 aromatic rings. The molecule has 1 aliphatic carbocycles. The summed E-state index contributed by atoms with van der Waals surface area (Å²) in [6, 6.07) is 7.41. The van der Waals surface area contributed by atoms with Gasteiger partial charge in [-0.15, -0.1) is 0 Å². The molecule has 0 spiro atoms.